The van der Waals surface area contributed by atoms with Crippen molar-refractivity contribution in [1.29, 1.82) is 0 Å². The fraction of sp³-hybridized carbons (Fsp3) is 0.250. The Labute approximate surface area is 117 Å². The topological polar surface area (TPSA) is 53.2 Å². The van der Waals surface area contributed by atoms with Crippen molar-refractivity contribution in [1.82, 2.24) is 4.98 Å². The number of aromatic nitrogens is 1. The third-order valence-electron chi connectivity index (χ3n) is 3.65. The van der Waals surface area contributed by atoms with E-state index in [0.717, 1.165) is 18.5 Å². The molecule has 1 aromatic heterocycles. The molecule has 1 N–H and O–H groups in total. The summed E-state index contributed by atoms with van der Waals surface area (Å²) in [6.07, 6.45) is 3.44. The molecule has 4 nitrogen and oxygen atoms in total. The van der Waals surface area contributed by atoms with Gasteiger partial charge in [0.05, 0.1) is 0 Å². The second-order valence-electron chi connectivity index (χ2n) is 5.11. The van der Waals surface area contributed by atoms with E-state index in [2.05, 4.69) is 11.1 Å². The smallest absolute Gasteiger partial charge is 0.263 e. The van der Waals surface area contributed by atoms with Crippen LogP contribution in [0, 0.1) is 6.92 Å². The van der Waals surface area contributed by atoms with Crippen molar-refractivity contribution in [3.8, 4) is 0 Å². The Morgan fingerprint density at radius 3 is 2.95 bits per heavy atom. The van der Waals surface area contributed by atoms with Crippen molar-refractivity contribution in [3.05, 3.63) is 63.6 Å². The van der Waals surface area contributed by atoms with E-state index in [4.69, 9.17) is 0 Å². The number of hydrogen-bond acceptors (Lipinski definition) is 2. The highest BCUT2D eigenvalue weighted by molar-refractivity contribution is 6.06. The zero-order valence-electron chi connectivity index (χ0n) is 11.3. The minimum Gasteiger partial charge on any atom is -0.328 e. The Morgan fingerprint density at radius 1 is 1.30 bits per heavy atom. The molecule has 0 aliphatic carbocycles. The molecule has 0 saturated heterocycles. The van der Waals surface area contributed by atoms with Crippen LogP contribution >= 0.6 is 0 Å². The van der Waals surface area contributed by atoms with Gasteiger partial charge in [0.15, 0.2) is 0 Å². The number of carbonyl (C=O) groups is 1. The fourth-order valence-corrected chi connectivity index (χ4v) is 2.67. The van der Waals surface area contributed by atoms with Gasteiger partial charge in [0, 0.05) is 18.4 Å². The quantitative estimate of drug-likeness (QED) is 0.862. The second kappa shape index (κ2) is 4.96. The number of hydrogen-bond donors (Lipinski definition) is 1. The standard InChI is InChI=1S/C16H16N2O2/c1-11-6-7-14-12(10-11)4-3-9-18(14)16(20)13-5-2-8-17-15(13)19/h2,5-8,10H,3-4,9H2,1H3,(H,17,19). The number of aromatic amines is 1. The fourth-order valence-electron chi connectivity index (χ4n) is 2.67. The molecule has 1 amide bonds. The van der Waals surface area contributed by atoms with Gasteiger partial charge in [-0.25, -0.2) is 0 Å². The molecular weight excluding hydrogens is 252 g/mol. The third kappa shape index (κ3) is 2.13. The molecule has 20 heavy (non-hydrogen) atoms. The predicted octanol–water partition coefficient (Wildman–Crippen LogP) is 2.28. The SMILES string of the molecule is Cc1ccc2c(c1)CCCN2C(=O)c1ccc[nH]c1=O. The van der Waals surface area contributed by atoms with Crippen LogP contribution in [0.4, 0.5) is 5.69 Å². The van der Waals surface area contributed by atoms with Crippen molar-refractivity contribution in [2.75, 3.05) is 11.4 Å². The monoisotopic (exact) mass is 268 g/mol. The Balaban J connectivity index is 2.03. The summed E-state index contributed by atoms with van der Waals surface area (Å²) in [5.74, 6) is -0.225. The number of H-pyrrole nitrogens is 1. The molecule has 2 aromatic rings. The van der Waals surface area contributed by atoms with Crippen molar-refractivity contribution in [3.63, 3.8) is 0 Å². The largest absolute Gasteiger partial charge is 0.328 e. The molecule has 4 heteroatoms. The van der Waals surface area contributed by atoms with Crippen molar-refractivity contribution < 1.29 is 4.79 Å². The lowest BCUT2D eigenvalue weighted by Gasteiger charge is -2.29. The van der Waals surface area contributed by atoms with Crippen LogP contribution in [0.3, 0.4) is 0 Å². The van der Waals surface area contributed by atoms with Crippen LogP contribution in [-0.2, 0) is 6.42 Å². The van der Waals surface area contributed by atoms with Gasteiger partial charge in [-0.2, -0.15) is 0 Å². The summed E-state index contributed by atoms with van der Waals surface area (Å²) in [7, 11) is 0. The Hall–Kier alpha value is -2.36. The summed E-state index contributed by atoms with van der Waals surface area (Å²) >= 11 is 0. The summed E-state index contributed by atoms with van der Waals surface area (Å²) in [6, 6.07) is 9.33. The van der Waals surface area contributed by atoms with Gasteiger partial charge in [0.2, 0.25) is 0 Å². The first kappa shape index (κ1) is 12.7. The summed E-state index contributed by atoms with van der Waals surface area (Å²) in [4.78, 5) is 28.6. The molecule has 3 rings (SSSR count). The van der Waals surface area contributed by atoms with Gasteiger partial charge >= 0.3 is 0 Å². The van der Waals surface area contributed by atoms with Gasteiger partial charge in [0.25, 0.3) is 11.5 Å². The van der Waals surface area contributed by atoms with Crippen molar-refractivity contribution >= 4 is 11.6 Å². The van der Waals surface area contributed by atoms with E-state index in [0.29, 0.717) is 6.54 Å². The molecule has 2 heterocycles. The van der Waals surface area contributed by atoms with E-state index < -0.39 is 0 Å². The molecule has 0 unspecified atom stereocenters. The number of anilines is 1. The zero-order chi connectivity index (χ0) is 14.1. The number of amides is 1. The van der Waals surface area contributed by atoms with Crippen LogP contribution in [0.5, 0.6) is 0 Å². The van der Waals surface area contributed by atoms with Gasteiger partial charge in [-0.1, -0.05) is 17.7 Å². The minimum atomic E-state index is -0.336. The summed E-state index contributed by atoms with van der Waals surface area (Å²) in [5, 5.41) is 0. The first-order chi connectivity index (χ1) is 9.66. The molecule has 1 aliphatic heterocycles. The van der Waals surface area contributed by atoms with Crippen LogP contribution < -0.4 is 10.5 Å². The molecule has 0 fully saturated rings. The number of aryl methyl sites for hydroxylation is 2. The van der Waals surface area contributed by atoms with E-state index in [9.17, 15) is 9.59 Å². The van der Waals surface area contributed by atoms with Crippen molar-refractivity contribution in [2.45, 2.75) is 19.8 Å². The second-order valence-corrected chi connectivity index (χ2v) is 5.11. The summed E-state index contributed by atoms with van der Waals surface area (Å²) in [6.45, 7) is 2.70. The first-order valence-corrected chi connectivity index (χ1v) is 6.76. The Kier molecular flexibility index (Phi) is 3.14. The summed E-state index contributed by atoms with van der Waals surface area (Å²) < 4.78 is 0. The maximum Gasteiger partial charge on any atom is 0.263 e. The zero-order valence-corrected chi connectivity index (χ0v) is 11.3. The van der Waals surface area contributed by atoms with E-state index >= 15 is 0 Å². The third-order valence-corrected chi connectivity index (χ3v) is 3.65. The molecule has 1 aromatic carbocycles. The highest BCUT2D eigenvalue weighted by atomic mass is 16.2. The highest BCUT2D eigenvalue weighted by Gasteiger charge is 2.24. The number of pyridine rings is 1. The average molecular weight is 268 g/mol. The molecular formula is C16H16N2O2. The Morgan fingerprint density at radius 2 is 2.15 bits per heavy atom. The van der Waals surface area contributed by atoms with Crippen LogP contribution in [0.1, 0.15) is 27.9 Å². The normalized spacial score (nSPS) is 13.9. The predicted molar refractivity (Wildman–Crippen MR) is 78.2 cm³/mol. The molecule has 0 spiro atoms. The van der Waals surface area contributed by atoms with E-state index in [1.807, 2.05) is 19.1 Å². The molecule has 0 saturated carbocycles. The van der Waals surface area contributed by atoms with Crippen LogP contribution in [0.25, 0.3) is 0 Å². The van der Waals surface area contributed by atoms with Crippen LogP contribution in [0.15, 0.2) is 41.3 Å². The lowest BCUT2D eigenvalue weighted by molar-refractivity contribution is 0.0983. The van der Waals surface area contributed by atoms with Gasteiger partial charge in [-0.3, -0.25) is 9.59 Å². The van der Waals surface area contributed by atoms with Gasteiger partial charge in [-0.15, -0.1) is 0 Å². The van der Waals surface area contributed by atoms with E-state index in [1.54, 1.807) is 17.0 Å². The van der Waals surface area contributed by atoms with Gasteiger partial charge < -0.3 is 9.88 Å². The average Bonchev–Trinajstić information content (AvgIpc) is 2.46. The number of nitrogens with one attached hydrogen (secondary N) is 1. The van der Waals surface area contributed by atoms with E-state index in [-0.39, 0.29) is 17.0 Å². The number of carbonyl (C=O) groups excluding carboxylic acids is 1. The Bertz CT molecular complexity index is 718. The molecule has 0 atom stereocenters. The lowest BCUT2D eigenvalue weighted by Crippen LogP contribution is -2.38. The minimum absolute atomic E-state index is 0.195. The van der Waals surface area contributed by atoms with Crippen molar-refractivity contribution in [2.24, 2.45) is 0 Å². The number of fused-ring (bicyclic) bond motifs is 1. The van der Waals surface area contributed by atoms with Crippen LogP contribution in [-0.4, -0.2) is 17.4 Å². The summed E-state index contributed by atoms with van der Waals surface area (Å²) in [5.41, 5.74) is 3.15. The van der Waals surface area contributed by atoms with Gasteiger partial charge in [-0.05, 0) is 43.5 Å². The number of nitrogens with zero attached hydrogens (tertiary/aromatic N) is 1. The number of benzene rings is 1. The molecule has 0 radical (unpaired) electrons. The highest BCUT2D eigenvalue weighted by Crippen LogP contribution is 2.28. The lowest BCUT2D eigenvalue weighted by atomic mass is 9.99. The van der Waals surface area contributed by atoms with Gasteiger partial charge in [0.1, 0.15) is 5.56 Å². The van der Waals surface area contributed by atoms with Crippen LogP contribution in [0.2, 0.25) is 0 Å². The van der Waals surface area contributed by atoms with E-state index in [1.165, 1.54) is 17.3 Å². The first-order valence-electron chi connectivity index (χ1n) is 6.76. The molecule has 1 aliphatic rings. The molecule has 102 valence electrons. The maximum atomic E-state index is 12.6. The number of rotatable bonds is 1. The maximum absolute atomic E-state index is 12.6. The molecule has 0 bridgehead atoms.